The highest BCUT2D eigenvalue weighted by Crippen LogP contribution is 2.36. The minimum atomic E-state index is -0.392. The zero-order valence-electron chi connectivity index (χ0n) is 30.7. The molecule has 0 aliphatic carbocycles. The van der Waals surface area contributed by atoms with Crippen LogP contribution in [0.1, 0.15) is 72.6 Å². The van der Waals surface area contributed by atoms with Gasteiger partial charge in [-0.15, -0.1) is 0 Å². The summed E-state index contributed by atoms with van der Waals surface area (Å²) in [5, 5.41) is 6.43. The van der Waals surface area contributed by atoms with Crippen molar-refractivity contribution in [2.45, 2.75) is 49.9 Å². The second-order valence-corrected chi connectivity index (χ2v) is 14.2. The Morgan fingerprint density at radius 2 is 0.944 bits per heavy atom. The number of carbonyl (C=O) groups excluding carboxylic acids is 2. The van der Waals surface area contributed by atoms with Crippen molar-refractivity contribution in [2.75, 3.05) is 27.2 Å². The van der Waals surface area contributed by atoms with Gasteiger partial charge in [0.2, 0.25) is 11.8 Å². The molecule has 0 radical (unpaired) electrons. The van der Waals surface area contributed by atoms with Gasteiger partial charge in [-0.25, -0.2) is 9.97 Å². The van der Waals surface area contributed by atoms with E-state index < -0.39 is 12.1 Å². The summed E-state index contributed by atoms with van der Waals surface area (Å²) in [7, 11) is 3.67. The zero-order valence-corrected chi connectivity index (χ0v) is 30.7. The lowest BCUT2D eigenvalue weighted by Gasteiger charge is -2.28. The summed E-state index contributed by atoms with van der Waals surface area (Å²) in [6, 6.07) is 35.7. The van der Waals surface area contributed by atoms with Crippen molar-refractivity contribution in [1.82, 2.24) is 40.4 Å². The monoisotopic (exact) mass is 718 g/mol. The number of H-pyrrole nitrogens is 2. The van der Waals surface area contributed by atoms with Crippen LogP contribution in [0, 0.1) is 0 Å². The highest BCUT2D eigenvalue weighted by atomic mass is 16.2. The van der Waals surface area contributed by atoms with E-state index in [1.54, 1.807) is 0 Å². The van der Waals surface area contributed by atoms with Gasteiger partial charge in [-0.3, -0.25) is 9.59 Å². The number of hydrogen-bond acceptors (Lipinski definition) is 6. The normalized spacial score (nSPS) is 18.2. The fraction of sp³-hybridized carbons (Fsp3) is 0.273. The first-order chi connectivity index (χ1) is 26.5. The van der Waals surface area contributed by atoms with Crippen LogP contribution in [0.4, 0.5) is 0 Å². The second-order valence-electron chi connectivity index (χ2n) is 14.2. The number of amides is 2. The quantitative estimate of drug-likeness (QED) is 0.111. The average Bonchev–Trinajstić information content (AvgIpc) is 4.07. The van der Waals surface area contributed by atoms with Gasteiger partial charge in [0.1, 0.15) is 23.7 Å². The Labute approximate surface area is 316 Å². The van der Waals surface area contributed by atoms with Crippen LogP contribution in [0.5, 0.6) is 0 Å². The van der Waals surface area contributed by atoms with Gasteiger partial charge < -0.3 is 30.4 Å². The van der Waals surface area contributed by atoms with Crippen molar-refractivity contribution in [1.29, 1.82) is 0 Å². The smallest absolute Gasteiger partial charge is 0.244 e. The van der Waals surface area contributed by atoms with E-state index in [4.69, 9.17) is 9.97 Å². The van der Waals surface area contributed by atoms with E-state index in [-0.39, 0.29) is 23.9 Å². The van der Waals surface area contributed by atoms with Crippen molar-refractivity contribution in [3.63, 3.8) is 0 Å². The molecule has 2 saturated heterocycles. The van der Waals surface area contributed by atoms with Crippen LogP contribution in [0.15, 0.2) is 122 Å². The summed E-state index contributed by atoms with van der Waals surface area (Å²) in [6.07, 6.45) is 7.38. The summed E-state index contributed by atoms with van der Waals surface area (Å²) >= 11 is 0. The average molecular weight is 719 g/mol. The third-order valence-corrected chi connectivity index (χ3v) is 11.0. The topological polar surface area (TPSA) is 122 Å². The third-order valence-electron chi connectivity index (χ3n) is 11.0. The minimum Gasteiger partial charge on any atom is -0.340 e. The fourth-order valence-electron chi connectivity index (χ4n) is 8.11. The van der Waals surface area contributed by atoms with Gasteiger partial charge in [0.05, 0.1) is 35.9 Å². The van der Waals surface area contributed by atoms with Crippen molar-refractivity contribution in [3.05, 3.63) is 144 Å². The van der Waals surface area contributed by atoms with E-state index >= 15 is 0 Å². The molecule has 54 heavy (non-hydrogen) atoms. The van der Waals surface area contributed by atoms with Crippen molar-refractivity contribution in [2.24, 2.45) is 0 Å². The number of benzene rings is 4. The van der Waals surface area contributed by atoms with Crippen LogP contribution in [0.2, 0.25) is 0 Å². The Balaban J connectivity index is 0.924. The zero-order chi connectivity index (χ0) is 37.0. The molecular weight excluding hydrogens is 673 g/mol. The summed E-state index contributed by atoms with van der Waals surface area (Å²) in [5.41, 5.74) is 8.08. The van der Waals surface area contributed by atoms with Crippen LogP contribution in [-0.2, 0) is 9.59 Å². The maximum atomic E-state index is 13.7. The highest BCUT2D eigenvalue weighted by molar-refractivity contribution is 5.84. The first-order valence-corrected chi connectivity index (χ1v) is 18.9. The molecule has 10 heteroatoms. The van der Waals surface area contributed by atoms with Gasteiger partial charge in [-0.2, -0.15) is 0 Å². The Bertz CT molecular complexity index is 2020. The molecule has 6 aromatic rings. The molecule has 2 aromatic heterocycles. The molecule has 1 unspecified atom stereocenters. The first kappa shape index (κ1) is 35.2. The van der Waals surface area contributed by atoms with Gasteiger partial charge in [0.25, 0.3) is 0 Å². The Hall–Kier alpha value is -5.84. The number of carbonyl (C=O) groups is 2. The third kappa shape index (κ3) is 6.98. The van der Waals surface area contributed by atoms with Gasteiger partial charge in [-0.05, 0) is 73.2 Å². The maximum absolute atomic E-state index is 13.7. The van der Waals surface area contributed by atoms with Crippen LogP contribution in [-0.4, -0.2) is 68.7 Å². The Kier molecular flexibility index (Phi) is 10.2. The van der Waals surface area contributed by atoms with Crippen LogP contribution in [0.3, 0.4) is 0 Å². The molecule has 2 fully saturated rings. The number of likely N-dealkylation sites (N-methyl/N-ethyl adjacent to an activating group) is 2. The van der Waals surface area contributed by atoms with Crippen LogP contribution >= 0.6 is 0 Å². The number of hydrogen-bond donors (Lipinski definition) is 4. The lowest BCUT2D eigenvalue weighted by Crippen LogP contribution is -2.39. The number of nitrogens with zero attached hydrogens (tertiary/aromatic N) is 4. The largest absolute Gasteiger partial charge is 0.340 e. The van der Waals surface area contributed by atoms with Crippen LogP contribution in [0.25, 0.3) is 33.6 Å². The highest BCUT2D eigenvalue weighted by Gasteiger charge is 2.37. The van der Waals surface area contributed by atoms with Crippen molar-refractivity contribution >= 4 is 11.8 Å². The van der Waals surface area contributed by atoms with E-state index in [0.717, 1.165) is 82.1 Å². The molecule has 2 aliphatic heterocycles. The van der Waals surface area contributed by atoms with Crippen molar-refractivity contribution < 1.29 is 9.59 Å². The number of aromatic nitrogens is 4. The lowest BCUT2D eigenvalue weighted by atomic mass is 10.0. The second kappa shape index (κ2) is 15.6. The molecule has 274 valence electrons. The van der Waals surface area contributed by atoms with E-state index in [2.05, 4.69) is 69.1 Å². The maximum Gasteiger partial charge on any atom is 0.244 e. The molecule has 8 rings (SSSR count). The minimum absolute atomic E-state index is 0.0711. The standard InChI is InChI=1S/C44H46N8O2/c1-45-39(33-11-5-3-6-12-33)43(53)51-25-9-15-37(51)41-47-27-35(49-41)31-21-17-29(18-22-31)30-19-23-32(24-20-30)36-28-48-42(50-36)38-16-10-26-52(38)44(54)40(46-2)34-13-7-4-8-14-34/h3-8,11-14,17-24,27-28,37-40,45-46H,9-10,15-16,25-26H2,1-2H3,(H,47,49)(H,48,50)/t37-,38-,39+,40?/m0/s1. The van der Waals surface area contributed by atoms with E-state index in [1.165, 1.54) is 0 Å². The van der Waals surface area contributed by atoms with Gasteiger partial charge in [-0.1, -0.05) is 109 Å². The molecule has 4 N–H and O–H groups in total. The predicted molar refractivity (Wildman–Crippen MR) is 211 cm³/mol. The molecule has 4 heterocycles. The number of nitrogens with one attached hydrogen (secondary N) is 4. The summed E-state index contributed by atoms with van der Waals surface area (Å²) < 4.78 is 0. The number of aromatic amines is 2. The van der Waals surface area contributed by atoms with Crippen LogP contribution < -0.4 is 10.6 Å². The summed E-state index contributed by atoms with van der Waals surface area (Å²) in [4.78, 5) is 47.8. The number of rotatable bonds is 11. The Morgan fingerprint density at radius 1 is 0.574 bits per heavy atom. The van der Waals surface area contributed by atoms with E-state index in [1.807, 2.05) is 97.0 Å². The van der Waals surface area contributed by atoms with Gasteiger partial charge >= 0.3 is 0 Å². The molecule has 0 saturated carbocycles. The predicted octanol–water partition coefficient (Wildman–Crippen LogP) is 7.38. The van der Waals surface area contributed by atoms with Crippen molar-refractivity contribution in [3.8, 4) is 33.6 Å². The molecule has 4 atom stereocenters. The van der Waals surface area contributed by atoms with E-state index in [0.29, 0.717) is 13.1 Å². The molecule has 4 aromatic carbocycles. The number of likely N-dealkylation sites (tertiary alicyclic amines) is 2. The molecule has 2 amide bonds. The fourth-order valence-corrected chi connectivity index (χ4v) is 8.11. The van der Waals surface area contributed by atoms with E-state index in [9.17, 15) is 9.59 Å². The first-order valence-electron chi connectivity index (χ1n) is 18.9. The Morgan fingerprint density at radius 3 is 1.31 bits per heavy atom. The molecular formula is C44H46N8O2. The summed E-state index contributed by atoms with van der Waals surface area (Å²) in [5.74, 6) is 1.78. The molecule has 0 bridgehead atoms. The molecule has 10 nitrogen and oxygen atoms in total. The lowest BCUT2D eigenvalue weighted by molar-refractivity contribution is -0.135. The number of imidazole rings is 2. The summed E-state index contributed by atoms with van der Waals surface area (Å²) in [6.45, 7) is 1.43. The SMILES string of the molecule is CNC(C(=O)N1CCC[C@H]1c1ncc(-c2ccc(-c3ccc(-c4cnc([C@@H]5CCCN5C(=O)[C@H](NC)c5ccccc5)[nH]4)cc3)cc2)[nH]1)c1ccccc1. The van der Waals surface area contributed by atoms with Gasteiger partial charge in [0.15, 0.2) is 0 Å². The molecule has 0 spiro atoms. The molecule has 2 aliphatic rings. The van der Waals surface area contributed by atoms with Gasteiger partial charge in [0, 0.05) is 13.1 Å².